The summed E-state index contributed by atoms with van der Waals surface area (Å²) in [4.78, 5) is 19.9. The molecule has 1 aromatic carbocycles. The van der Waals surface area contributed by atoms with Crippen LogP contribution < -0.4 is 5.32 Å². The van der Waals surface area contributed by atoms with E-state index in [0.717, 1.165) is 27.5 Å². The number of fused-ring (bicyclic) bond motifs is 3. The van der Waals surface area contributed by atoms with Crippen molar-refractivity contribution in [3.63, 3.8) is 0 Å². The van der Waals surface area contributed by atoms with E-state index in [-0.39, 0.29) is 3.91 Å². The molecule has 0 bridgehead atoms. The van der Waals surface area contributed by atoms with Crippen molar-refractivity contribution in [1.82, 2.24) is 9.97 Å². The van der Waals surface area contributed by atoms with Crippen LogP contribution in [-0.2, 0) is 0 Å². The van der Waals surface area contributed by atoms with E-state index in [0.29, 0.717) is 0 Å². The second-order valence-corrected chi connectivity index (χ2v) is 4.78. The monoisotopic (exact) mass is 349 g/mol. The van der Waals surface area contributed by atoms with Gasteiger partial charge in [0.2, 0.25) is 0 Å². The van der Waals surface area contributed by atoms with E-state index >= 15 is 0 Å². The van der Waals surface area contributed by atoms with Gasteiger partial charge in [0.25, 0.3) is 3.91 Å². The van der Waals surface area contributed by atoms with Crippen molar-refractivity contribution >= 4 is 54.0 Å². The Morgan fingerprint density at radius 2 is 1.83 bits per heavy atom. The number of carbonyl (C=O) groups excluding carboxylic acids is 1. The summed E-state index contributed by atoms with van der Waals surface area (Å²) in [6, 6.07) is 9.52. The molecule has 0 saturated carbocycles. The van der Waals surface area contributed by atoms with Crippen molar-refractivity contribution in [2.24, 2.45) is 0 Å². The van der Waals surface area contributed by atoms with Crippen LogP contribution in [0.4, 0.5) is 10.5 Å². The van der Waals surface area contributed by atoms with Gasteiger partial charge in [0.15, 0.2) is 0 Å². The van der Waals surface area contributed by atoms with E-state index in [4.69, 9.17) is 0 Å². The van der Waals surface area contributed by atoms with Crippen LogP contribution in [0.2, 0.25) is 0 Å². The van der Waals surface area contributed by atoms with Crippen molar-refractivity contribution in [2.45, 2.75) is 0 Å². The number of hydrogen-bond donors (Lipinski definition) is 1. The summed E-state index contributed by atoms with van der Waals surface area (Å²) in [5.74, 6) is 0. The van der Waals surface area contributed by atoms with Gasteiger partial charge in [-0.15, -0.1) is 0 Å². The van der Waals surface area contributed by atoms with Gasteiger partial charge in [0.1, 0.15) is 0 Å². The number of anilines is 1. The molecule has 3 aromatic rings. The molecule has 0 saturated heterocycles. The topological polar surface area (TPSA) is 54.9 Å². The number of hydrogen-bond acceptors (Lipinski definition) is 3. The van der Waals surface area contributed by atoms with Crippen LogP contribution >= 0.6 is 22.6 Å². The summed E-state index contributed by atoms with van der Waals surface area (Å²) in [7, 11) is 0. The summed E-state index contributed by atoms with van der Waals surface area (Å²) in [6.07, 6.45) is 3.47. The van der Waals surface area contributed by atoms with Crippen molar-refractivity contribution in [3.8, 4) is 0 Å². The molecule has 1 amide bonds. The molecule has 0 radical (unpaired) electrons. The lowest BCUT2D eigenvalue weighted by Gasteiger charge is -2.08. The minimum Gasteiger partial charge on any atom is -0.317 e. The van der Waals surface area contributed by atoms with E-state index in [2.05, 4.69) is 15.3 Å². The maximum atomic E-state index is 11.2. The van der Waals surface area contributed by atoms with E-state index in [1.165, 1.54) is 0 Å². The zero-order valence-corrected chi connectivity index (χ0v) is 11.4. The normalized spacial score (nSPS) is 10.7. The average Bonchev–Trinajstić information content (AvgIpc) is 2.38. The summed E-state index contributed by atoms with van der Waals surface area (Å²) in [5.41, 5.74) is 2.41. The number of aromatic nitrogens is 2. The van der Waals surface area contributed by atoms with Gasteiger partial charge in [0.05, 0.1) is 16.7 Å². The summed E-state index contributed by atoms with van der Waals surface area (Å²) < 4.78 is -0.124. The van der Waals surface area contributed by atoms with Crippen LogP contribution in [-0.4, -0.2) is 13.9 Å². The predicted molar refractivity (Wildman–Crippen MR) is 80.1 cm³/mol. The minimum absolute atomic E-state index is 0.124. The fraction of sp³-hybridized carbons (Fsp3) is 0. The Labute approximate surface area is 117 Å². The number of halogens is 1. The average molecular weight is 349 g/mol. The molecule has 2 heterocycles. The summed E-state index contributed by atoms with van der Waals surface area (Å²) >= 11 is 1.72. The van der Waals surface area contributed by atoms with Crippen LogP contribution in [0.5, 0.6) is 0 Å². The highest BCUT2D eigenvalue weighted by atomic mass is 127. The zero-order chi connectivity index (χ0) is 12.5. The lowest BCUT2D eigenvalue weighted by molar-refractivity contribution is 0.272. The van der Waals surface area contributed by atoms with Crippen LogP contribution in [0.25, 0.3) is 21.8 Å². The van der Waals surface area contributed by atoms with Crippen LogP contribution in [0.15, 0.2) is 42.7 Å². The van der Waals surface area contributed by atoms with E-state index in [9.17, 15) is 4.79 Å². The lowest BCUT2D eigenvalue weighted by atomic mass is 10.1. The maximum Gasteiger partial charge on any atom is 0.285 e. The summed E-state index contributed by atoms with van der Waals surface area (Å²) in [6.45, 7) is 0. The number of nitrogens with one attached hydrogen (secondary N) is 1. The van der Waals surface area contributed by atoms with Crippen molar-refractivity contribution in [3.05, 3.63) is 42.7 Å². The van der Waals surface area contributed by atoms with Crippen molar-refractivity contribution < 1.29 is 4.79 Å². The van der Waals surface area contributed by atoms with E-state index < -0.39 is 0 Å². The third-order valence-electron chi connectivity index (χ3n) is 2.69. The van der Waals surface area contributed by atoms with Gasteiger partial charge in [-0.1, -0.05) is 6.07 Å². The molecule has 1 N–H and O–H groups in total. The first kappa shape index (κ1) is 11.3. The summed E-state index contributed by atoms with van der Waals surface area (Å²) in [5, 5.41) is 4.68. The Kier molecular flexibility index (Phi) is 2.83. The molecule has 0 spiro atoms. The first-order valence-electron chi connectivity index (χ1n) is 5.34. The second kappa shape index (κ2) is 4.49. The smallest absolute Gasteiger partial charge is 0.285 e. The second-order valence-electron chi connectivity index (χ2n) is 3.80. The predicted octanol–water partition coefficient (Wildman–Crippen LogP) is 3.75. The molecule has 0 fully saturated rings. The van der Waals surface area contributed by atoms with Gasteiger partial charge in [-0.25, -0.2) is 0 Å². The van der Waals surface area contributed by atoms with Crippen LogP contribution in [0.1, 0.15) is 0 Å². The van der Waals surface area contributed by atoms with Gasteiger partial charge in [-0.2, -0.15) is 0 Å². The molecule has 0 unspecified atom stereocenters. The van der Waals surface area contributed by atoms with E-state index in [1.54, 1.807) is 35.0 Å². The fourth-order valence-electron chi connectivity index (χ4n) is 1.99. The number of pyridine rings is 2. The minimum atomic E-state index is -0.124. The highest BCUT2D eigenvalue weighted by Gasteiger charge is 2.09. The molecule has 0 atom stereocenters. The van der Waals surface area contributed by atoms with Gasteiger partial charge >= 0.3 is 0 Å². The number of carbonyl (C=O) groups is 1. The third-order valence-corrected chi connectivity index (χ3v) is 2.96. The fourth-order valence-corrected chi connectivity index (χ4v) is 2.28. The molecule has 0 aliphatic heterocycles. The largest absolute Gasteiger partial charge is 0.317 e. The van der Waals surface area contributed by atoms with E-state index in [1.807, 2.05) is 30.3 Å². The molecular weight excluding hydrogens is 341 g/mol. The molecule has 4 nitrogen and oxygen atoms in total. The molecule has 2 aromatic heterocycles. The van der Waals surface area contributed by atoms with Gasteiger partial charge in [-0.05, 0) is 24.3 Å². The SMILES string of the molecule is O=C(I)Nc1cc2cccnc2c2ncccc12. The Balaban J connectivity index is 2.42. The Morgan fingerprint density at radius 1 is 1.11 bits per heavy atom. The molecule has 0 aliphatic carbocycles. The Morgan fingerprint density at radius 3 is 2.61 bits per heavy atom. The van der Waals surface area contributed by atoms with Gasteiger partial charge < -0.3 is 5.32 Å². The molecule has 88 valence electrons. The molecule has 3 rings (SSSR count). The number of rotatable bonds is 1. The molecular formula is C13H8IN3O. The lowest BCUT2D eigenvalue weighted by Crippen LogP contribution is -2.01. The van der Waals surface area contributed by atoms with Crippen molar-refractivity contribution in [1.29, 1.82) is 0 Å². The maximum absolute atomic E-state index is 11.2. The van der Waals surface area contributed by atoms with Crippen molar-refractivity contribution in [2.75, 3.05) is 5.32 Å². The highest BCUT2D eigenvalue weighted by molar-refractivity contribution is 14.1. The standard InChI is InChI=1S/C13H8IN3O/c14-13(18)17-10-7-8-3-1-5-15-11(8)12-9(10)4-2-6-16-12/h1-7H,(H,17,18). The van der Waals surface area contributed by atoms with Crippen LogP contribution in [0, 0.1) is 0 Å². The molecule has 18 heavy (non-hydrogen) atoms. The van der Waals surface area contributed by atoms with Crippen LogP contribution in [0.3, 0.4) is 0 Å². The van der Waals surface area contributed by atoms with Gasteiger partial charge in [0, 0.05) is 45.8 Å². The first-order valence-corrected chi connectivity index (χ1v) is 6.42. The zero-order valence-electron chi connectivity index (χ0n) is 9.22. The Hall–Kier alpha value is -1.76. The quantitative estimate of drug-likeness (QED) is 0.315. The molecule has 0 aliphatic rings. The number of amides is 1. The number of benzene rings is 1. The molecule has 5 heteroatoms. The number of nitrogens with zero attached hydrogens (tertiary/aromatic N) is 2. The van der Waals surface area contributed by atoms with Gasteiger partial charge in [-0.3, -0.25) is 14.8 Å². The Bertz CT molecular complexity index is 757. The highest BCUT2D eigenvalue weighted by Crippen LogP contribution is 2.29. The third kappa shape index (κ3) is 1.90. The first-order chi connectivity index (χ1) is 8.75.